The van der Waals surface area contributed by atoms with Gasteiger partial charge in [0, 0.05) is 18.7 Å². The highest BCUT2D eigenvalue weighted by atomic mass is 16.5. The van der Waals surface area contributed by atoms with E-state index in [1.54, 1.807) is 0 Å². The molecule has 0 unspecified atom stereocenters. The number of fused-ring (bicyclic) bond motifs is 8. The molecule has 3 aliphatic rings. The van der Waals surface area contributed by atoms with Crippen LogP contribution in [0.1, 0.15) is 35.7 Å². The van der Waals surface area contributed by atoms with Crippen molar-refractivity contribution in [2.45, 2.75) is 37.4 Å². The van der Waals surface area contributed by atoms with Crippen molar-refractivity contribution in [3.63, 3.8) is 0 Å². The number of nitrogens with one attached hydrogen (secondary N) is 1. The summed E-state index contributed by atoms with van der Waals surface area (Å²) in [6.07, 6.45) is 3.54. The van der Waals surface area contributed by atoms with E-state index in [2.05, 4.69) is 33.8 Å². The van der Waals surface area contributed by atoms with Gasteiger partial charge < -0.3 is 15.0 Å². The maximum atomic E-state index is 14.0. The molecule has 3 aromatic rings. The van der Waals surface area contributed by atoms with Crippen LogP contribution in [0, 0.1) is 0 Å². The van der Waals surface area contributed by atoms with Gasteiger partial charge in [0.15, 0.2) is 0 Å². The van der Waals surface area contributed by atoms with Crippen LogP contribution < -0.4 is 15.0 Å². The molecule has 1 spiro atoms. The van der Waals surface area contributed by atoms with E-state index in [0.717, 1.165) is 54.2 Å². The molecule has 152 valence electrons. The number of nitrogens with zero attached hydrogens (tertiary/aromatic N) is 4. The normalized spacial score (nSPS) is 25.1. The lowest BCUT2D eigenvalue weighted by molar-refractivity contribution is -0.123. The van der Waals surface area contributed by atoms with Gasteiger partial charge >= 0.3 is 0 Å². The summed E-state index contributed by atoms with van der Waals surface area (Å²) in [6.45, 7) is 2.56. The van der Waals surface area contributed by atoms with Crippen molar-refractivity contribution in [2.24, 2.45) is 0 Å². The van der Waals surface area contributed by atoms with E-state index >= 15 is 0 Å². The van der Waals surface area contributed by atoms with Crippen LogP contribution in [0.3, 0.4) is 0 Å². The molecule has 1 fully saturated rings. The van der Waals surface area contributed by atoms with E-state index < -0.39 is 5.41 Å². The second-order valence-corrected chi connectivity index (χ2v) is 8.26. The fraction of sp³-hybridized carbons (Fsp3) is 0.348. The second-order valence-electron chi connectivity index (χ2n) is 8.26. The Morgan fingerprint density at radius 2 is 2.10 bits per heavy atom. The van der Waals surface area contributed by atoms with Crippen LogP contribution >= 0.6 is 0 Å². The van der Waals surface area contributed by atoms with Crippen molar-refractivity contribution in [1.29, 1.82) is 0 Å². The lowest BCUT2D eigenvalue weighted by Crippen LogP contribution is -2.43. The molecule has 4 heterocycles. The molecule has 6 bridgehead atoms. The first kappa shape index (κ1) is 17.7. The van der Waals surface area contributed by atoms with Crippen LogP contribution in [0.5, 0.6) is 5.75 Å². The number of aryl methyl sites for hydroxylation is 1. The molecular weight excluding hydrogens is 378 g/mol. The van der Waals surface area contributed by atoms with Crippen LogP contribution in [-0.4, -0.2) is 34.1 Å². The first-order chi connectivity index (χ1) is 14.8. The van der Waals surface area contributed by atoms with Gasteiger partial charge in [-0.25, -0.2) is 0 Å². The SMILES string of the molecule is O=C1N2Cc3cn(nn3)CCCOc3cccc(c3)[C@@H]3NCC[C@@]13c1ccccc12. The third-order valence-electron chi connectivity index (χ3n) is 6.56. The van der Waals surface area contributed by atoms with Crippen molar-refractivity contribution < 1.29 is 9.53 Å². The maximum absolute atomic E-state index is 14.0. The average molecular weight is 401 g/mol. The molecular formula is C23H23N5O2. The van der Waals surface area contributed by atoms with Crippen molar-refractivity contribution in [3.8, 4) is 5.75 Å². The highest BCUT2D eigenvalue weighted by Gasteiger charge is 2.58. The van der Waals surface area contributed by atoms with Crippen LogP contribution in [0.2, 0.25) is 0 Å². The lowest BCUT2D eigenvalue weighted by atomic mass is 9.73. The zero-order valence-electron chi connectivity index (χ0n) is 16.6. The minimum atomic E-state index is -0.620. The quantitative estimate of drug-likeness (QED) is 0.627. The number of rotatable bonds is 0. The summed E-state index contributed by atoms with van der Waals surface area (Å²) in [5.41, 5.74) is 3.34. The van der Waals surface area contributed by atoms with Gasteiger partial charge in [-0.3, -0.25) is 9.48 Å². The number of hydrogen-bond acceptors (Lipinski definition) is 5. The van der Waals surface area contributed by atoms with E-state index in [4.69, 9.17) is 4.74 Å². The van der Waals surface area contributed by atoms with E-state index in [-0.39, 0.29) is 11.9 Å². The first-order valence-electron chi connectivity index (χ1n) is 10.5. The van der Waals surface area contributed by atoms with Crippen LogP contribution in [-0.2, 0) is 23.3 Å². The molecule has 7 heteroatoms. The number of amides is 1. The average Bonchev–Trinajstić information content (AvgIpc) is 3.47. The van der Waals surface area contributed by atoms with Gasteiger partial charge in [0.1, 0.15) is 11.4 Å². The summed E-state index contributed by atoms with van der Waals surface area (Å²) in [5, 5.41) is 12.2. The molecule has 6 rings (SSSR count). The Labute approximate surface area is 174 Å². The summed E-state index contributed by atoms with van der Waals surface area (Å²) < 4.78 is 7.84. The molecule has 7 nitrogen and oxygen atoms in total. The fourth-order valence-electron chi connectivity index (χ4n) is 5.25. The van der Waals surface area contributed by atoms with Crippen LogP contribution in [0.25, 0.3) is 0 Å². The van der Waals surface area contributed by atoms with Crippen molar-refractivity contribution in [3.05, 3.63) is 71.5 Å². The third-order valence-corrected chi connectivity index (χ3v) is 6.56. The molecule has 0 saturated carbocycles. The minimum Gasteiger partial charge on any atom is -0.494 e. The van der Waals surface area contributed by atoms with Gasteiger partial charge in [-0.1, -0.05) is 35.5 Å². The fourth-order valence-corrected chi connectivity index (χ4v) is 5.25. The minimum absolute atomic E-state index is 0.0967. The van der Waals surface area contributed by atoms with Crippen molar-refractivity contribution in [1.82, 2.24) is 20.3 Å². The predicted octanol–water partition coefficient (Wildman–Crippen LogP) is 2.58. The number of anilines is 1. The Bertz CT molecular complexity index is 1130. The largest absolute Gasteiger partial charge is 0.494 e. The number of hydrogen-bond donors (Lipinski definition) is 1. The van der Waals surface area contributed by atoms with Gasteiger partial charge in [-0.15, -0.1) is 5.10 Å². The molecule has 1 N–H and O–H groups in total. The van der Waals surface area contributed by atoms with Crippen molar-refractivity contribution in [2.75, 3.05) is 18.1 Å². The predicted molar refractivity (Wildman–Crippen MR) is 111 cm³/mol. The lowest BCUT2D eigenvalue weighted by Gasteiger charge is -2.31. The topological polar surface area (TPSA) is 72.3 Å². The Balaban J connectivity index is 1.53. The van der Waals surface area contributed by atoms with E-state index in [1.807, 2.05) is 46.1 Å². The Hall–Kier alpha value is -3.19. The summed E-state index contributed by atoms with van der Waals surface area (Å²) in [4.78, 5) is 15.9. The highest BCUT2D eigenvalue weighted by Crippen LogP contribution is 2.53. The summed E-state index contributed by atoms with van der Waals surface area (Å²) in [7, 11) is 0. The molecule has 3 aliphatic heterocycles. The van der Waals surface area contributed by atoms with E-state index in [9.17, 15) is 4.79 Å². The van der Waals surface area contributed by atoms with Crippen LogP contribution in [0.15, 0.2) is 54.7 Å². The number of para-hydroxylation sites is 1. The number of carbonyl (C=O) groups is 1. The Morgan fingerprint density at radius 3 is 3.07 bits per heavy atom. The number of ether oxygens (including phenoxy) is 1. The molecule has 2 atom stereocenters. The number of aromatic nitrogens is 3. The van der Waals surface area contributed by atoms with Crippen LogP contribution in [0.4, 0.5) is 5.69 Å². The zero-order chi connectivity index (χ0) is 20.1. The standard InChI is InChI=1S/C23H23N5O2/c29-22-23-9-10-24-21(23)16-5-3-6-18(13-16)30-12-4-11-27-14-17(25-26-27)15-28(22)20-8-2-1-7-19(20)23/h1-3,5-8,13-14,21,24H,4,9-12,15H2/t21-,23-/m0/s1. The summed E-state index contributed by atoms with van der Waals surface area (Å²) in [5.74, 6) is 0.968. The Kier molecular flexibility index (Phi) is 3.92. The second kappa shape index (κ2) is 6.67. The highest BCUT2D eigenvalue weighted by molar-refractivity contribution is 6.09. The van der Waals surface area contributed by atoms with Gasteiger partial charge in [-0.05, 0) is 42.3 Å². The molecule has 30 heavy (non-hydrogen) atoms. The smallest absolute Gasteiger partial charge is 0.240 e. The van der Waals surface area contributed by atoms with Gasteiger partial charge in [0.05, 0.1) is 30.8 Å². The zero-order valence-corrected chi connectivity index (χ0v) is 16.6. The number of carbonyl (C=O) groups excluding carboxylic acids is 1. The summed E-state index contributed by atoms with van der Waals surface area (Å²) in [6, 6.07) is 16.3. The van der Waals surface area contributed by atoms with E-state index in [1.165, 1.54) is 0 Å². The molecule has 1 aromatic heterocycles. The van der Waals surface area contributed by atoms with E-state index in [0.29, 0.717) is 13.2 Å². The third kappa shape index (κ3) is 2.51. The molecule has 0 radical (unpaired) electrons. The van der Waals surface area contributed by atoms with Gasteiger partial charge in [0.25, 0.3) is 0 Å². The van der Waals surface area contributed by atoms with Gasteiger partial charge in [-0.2, -0.15) is 0 Å². The maximum Gasteiger partial charge on any atom is 0.240 e. The van der Waals surface area contributed by atoms with Gasteiger partial charge in [0.2, 0.25) is 5.91 Å². The number of benzene rings is 2. The molecule has 1 saturated heterocycles. The Morgan fingerprint density at radius 1 is 1.17 bits per heavy atom. The summed E-state index contributed by atoms with van der Waals surface area (Å²) >= 11 is 0. The first-order valence-corrected chi connectivity index (χ1v) is 10.5. The van der Waals surface area contributed by atoms with Crippen molar-refractivity contribution >= 4 is 11.6 Å². The molecule has 1 amide bonds. The molecule has 0 aliphatic carbocycles. The monoisotopic (exact) mass is 401 g/mol. The molecule has 2 aromatic carbocycles.